The van der Waals surface area contributed by atoms with Crippen LogP contribution in [-0.4, -0.2) is 22.1 Å². The molecule has 1 aromatic heterocycles. The van der Waals surface area contributed by atoms with Gasteiger partial charge in [-0.2, -0.15) is 0 Å². The molecule has 4 heteroatoms. The van der Waals surface area contributed by atoms with E-state index in [1.54, 1.807) is 7.11 Å². The topological polar surface area (TPSA) is 39.9 Å². The number of hydrogen-bond donors (Lipinski definition) is 0. The monoisotopic (exact) mass is 329 g/mol. The van der Waals surface area contributed by atoms with Gasteiger partial charge in [0.15, 0.2) is 0 Å². The lowest BCUT2D eigenvalue weighted by atomic mass is 9.97. The molecule has 0 saturated carbocycles. The first-order valence-electron chi connectivity index (χ1n) is 8.27. The molecule has 1 unspecified atom stereocenters. The van der Waals surface area contributed by atoms with E-state index in [-0.39, 0.29) is 6.04 Å². The molecule has 1 heterocycles. The average molecular weight is 329 g/mol. The third kappa shape index (κ3) is 2.87. The summed E-state index contributed by atoms with van der Waals surface area (Å²) < 4.78 is 7.28. The fraction of sp³-hybridized carbons (Fsp3) is 0.143. The van der Waals surface area contributed by atoms with Crippen LogP contribution in [0.3, 0.4) is 0 Å². The van der Waals surface area contributed by atoms with Crippen molar-refractivity contribution in [2.75, 3.05) is 7.11 Å². The Labute approximate surface area is 146 Å². The number of aromatic nitrogens is 3. The number of ether oxygens (including phenoxy) is 1. The highest BCUT2D eigenvalue weighted by molar-refractivity contribution is 5.74. The molecule has 0 saturated heterocycles. The van der Waals surface area contributed by atoms with Crippen LogP contribution in [0.5, 0.6) is 5.75 Å². The van der Waals surface area contributed by atoms with Crippen molar-refractivity contribution >= 4 is 11.0 Å². The molecular formula is C21H19N3O. The molecule has 25 heavy (non-hydrogen) atoms. The molecule has 4 aromatic rings. The smallest absolute Gasteiger partial charge is 0.118 e. The highest BCUT2D eigenvalue weighted by Crippen LogP contribution is 2.30. The summed E-state index contributed by atoms with van der Waals surface area (Å²) in [5, 5.41) is 8.78. The lowest BCUT2D eigenvalue weighted by Crippen LogP contribution is -2.14. The number of aryl methyl sites for hydroxylation is 1. The van der Waals surface area contributed by atoms with E-state index in [0.29, 0.717) is 0 Å². The summed E-state index contributed by atoms with van der Waals surface area (Å²) in [5.41, 5.74) is 5.46. The first-order valence-corrected chi connectivity index (χ1v) is 8.27. The molecule has 0 amide bonds. The number of benzene rings is 3. The Morgan fingerprint density at radius 1 is 0.840 bits per heavy atom. The van der Waals surface area contributed by atoms with E-state index in [9.17, 15) is 0 Å². The molecule has 0 spiro atoms. The quantitative estimate of drug-likeness (QED) is 0.557. The summed E-state index contributed by atoms with van der Waals surface area (Å²) in [6, 6.07) is 24.7. The summed E-state index contributed by atoms with van der Waals surface area (Å²) in [6.07, 6.45) is 0. The summed E-state index contributed by atoms with van der Waals surface area (Å²) in [4.78, 5) is 0. The van der Waals surface area contributed by atoms with E-state index in [2.05, 4.69) is 59.7 Å². The summed E-state index contributed by atoms with van der Waals surface area (Å²) in [5.74, 6) is 0.842. The Kier molecular flexibility index (Phi) is 3.94. The zero-order valence-electron chi connectivity index (χ0n) is 14.3. The molecule has 0 aliphatic rings. The Bertz CT molecular complexity index is 988. The molecule has 0 N–H and O–H groups in total. The Morgan fingerprint density at radius 3 is 2.16 bits per heavy atom. The van der Waals surface area contributed by atoms with Crippen molar-refractivity contribution in [1.82, 2.24) is 15.0 Å². The molecule has 0 radical (unpaired) electrons. The van der Waals surface area contributed by atoms with E-state index in [1.165, 1.54) is 11.1 Å². The van der Waals surface area contributed by atoms with Gasteiger partial charge in [-0.3, -0.25) is 0 Å². The van der Waals surface area contributed by atoms with Gasteiger partial charge in [0.05, 0.1) is 12.6 Å². The lowest BCUT2D eigenvalue weighted by Gasteiger charge is -2.19. The predicted octanol–water partition coefficient (Wildman–Crippen LogP) is 4.39. The van der Waals surface area contributed by atoms with Crippen molar-refractivity contribution < 1.29 is 4.74 Å². The van der Waals surface area contributed by atoms with Crippen LogP contribution in [0.1, 0.15) is 22.7 Å². The van der Waals surface area contributed by atoms with Gasteiger partial charge in [-0.05, 0) is 42.3 Å². The van der Waals surface area contributed by atoms with E-state index >= 15 is 0 Å². The van der Waals surface area contributed by atoms with Crippen LogP contribution in [0.25, 0.3) is 11.0 Å². The van der Waals surface area contributed by atoms with Crippen LogP contribution >= 0.6 is 0 Å². The summed E-state index contributed by atoms with van der Waals surface area (Å²) >= 11 is 0. The van der Waals surface area contributed by atoms with Crippen LogP contribution < -0.4 is 4.74 Å². The molecule has 4 rings (SSSR count). The minimum atomic E-state index is -0.0427. The summed E-state index contributed by atoms with van der Waals surface area (Å²) in [7, 11) is 1.68. The molecule has 3 aromatic carbocycles. The fourth-order valence-electron chi connectivity index (χ4n) is 3.09. The summed E-state index contributed by atoms with van der Waals surface area (Å²) in [6.45, 7) is 2.09. The average Bonchev–Trinajstić information content (AvgIpc) is 3.08. The number of para-hydroxylation sites is 1. The van der Waals surface area contributed by atoms with Crippen LogP contribution in [0.2, 0.25) is 0 Å². The second kappa shape index (κ2) is 6.40. The van der Waals surface area contributed by atoms with Gasteiger partial charge in [-0.1, -0.05) is 59.3 Å². The van der Waals surface area contributed by atoms with E-state index in [1.807, 2.05) is 35.0 Å². The largest absolute Gasteiger partial charge is 0.497 e. The van der Waals surface area contributed by atoms with Gasteiger partial charge >= 0.3 is 0 Å². The third-order valence-electron chi connectivity index (χ3n) is 4.45. The van der Waals surface area contributed by atoms with Crippen molar-refractivity contribution in [2.45, 2.75) is 13.0 Å². The predicted molar refractivity (Wildman–Crippen MR) is 98.9 cm³/mol. The fourth-order valence-corrected chi connectivity index (χ4v) is 3.09. The molecule has 0 bridgehead atoms. The van der Waals surface area contributed by atoms with Gasteiger partial charge in [0.1, 0.15) is 17.3 Å². The zero-order valence-corrected chi connectivity index (χ0v) is 14.3. The molecule has 4 nitrogen and oxygen atoms in total. The number of fused-ring (bicyclic) bond motifs is 1. The first-order chi connectivity index (χ1) is 12.3. The third-order valence-corrected chi connectivity index (χ3v) is 4.45. The number of hydrogen-bond acceptors (Lipinski definition) is 3. The van der Waals surface area contributed by atoms with Crippen LogP contribution in [-0.2, 0) is 0 Å². The van der Waals surface area contributed by atoms with Crippen LogP contribution in [0, 0.1) is 6.92 Å². The second-order valence-corrected chi connectivity index (χ2v) is 6.11. The Balaban J connectivity index is 1.90. The van der Waals surface area contributed by atoms with Crippen molar-refractivity contribution in [3.63, 3.8) is 0 Å². The highest BCUT2D eigenvalue weighted by atomic mass is 16.5. The molecule has 1 atom stereocenters. The highest BCUT2D eigenvalue weighted by Gasteiger charge is 2.20. The Morgan fingerprint density at radius 2 is 1.48 bits per heavy atom. The van der Waals surface area contributed by atoms with E-state index in [0.717, 1.165) is 22.3 Å². The van der Waals surface area contributed by atoms with Crippen molar-refractivity contribution in [3.05, 3.63) is 89.5 Å². The van der Waals surface area contributed by atoms with Crippen LogP contribution in [0.15, 0.2) is 72.8 Å². The molecular weight excluding hydrogens is 310 g/mol. The van der Waals surface area contributed by atoms with Crippen LogP contribution in [0.4, 0.5) is 0 Å². The van der Waals surface area contributed by atoms with Crippen molar-refractivity contribution in [1.29, 1.82) is 0 Å². The van der Waals surface area contributed by atoms with Crippen molar-refractivity contribution in [3.8, 4) is 5.75 Å². The van der Waals surface area contributed by atoms with Gasteiger partial charge < -0.3 is 4.74 Å². The maximum Gasteiger partial charge on any atom is 0.118 e. The molecule has 124 valence electrons. The number of nitrogens with zero attached hydrogens (tertiary/aromatic N) is 3. The Hall–Kier alpha value is -3.14. The van der Waals surface area contributed by atoms with Gasteiger partial charge in [0.2, 0.25) is 0 Å². The standard InChI is InChI=1S/C21H19N3O/c1-15-7-9-16(10-8-15)21(17-11-13-18(25-2)14-12-17)24-20-6-4-3-5-19(20)22-23-24/h3-14,21H,1-2H3. The lowest BCUT2D eigenvalue weighted by molar-refractivity contribution is 0.414. The number of methoxy groups -OCH3 is 1. The maximum atomic E-state index is 5.30. The van der Waals surface area contributed by atoms with Gasteiger partial charge in [0, 0.05) is 0 Å². The molecule has 0 fully saturated rings. The normalized spacial score (nSPS) is 12.2. The van der Waals surface area contributed by atoms with E-state index < -0.39 is 0 Å². The zero-order chi connectivity index (χ0) is 17.2. The molecule has 0 aliphatic heterocycles. The second-order valence-electron chi connectivity index (χ2n) is 6.11. The number of rotatable bonds is 4. The van der Waals surface area contributed by atoms with E-state index in [4.69, 9.17) is 4.74 Å². The van der Waals surface area contributed by atoms with Gasteiger partial charge in [-0.15, -0.1) is 5.10 Å². The van der Waals surface area contributed by atoms with Gasteiger partial charge in [-0.25, -0.2) is 4.68 Å². The minimum absolute atomic E-state index is 0.0427. The first kappa shape index (κ1) is 15.4. The van der Waals surface area contributed by atoms with Crippen molar-refractivity contribution in [2.24, 2.45) is 0 Å². The SMILES string of the molecule is COc1ccc(C(c2ccc(C)cc2)n2nnc3ccccc32)cc1. The minimum Gasteiger partial charge on any atom is -0.497 e. The van der Waals surface area contributed by atoms with Gasteiger partial charge in [0.25, 0.3) is 0 Å². The molecule has 0 aliphatic carbocycles. The maximum absolute atomic E-state index is 5.30.